The van der Waals surface area contributed by atoms with E-state index in [9.17, 15) is 4.79 Å². The van der Waals surface area contributed by atoms with Gasteiger partial charge in [0.15, 0.2) is 0 Å². The van der Waals surface area contributed by atoms with E-state index in [0.717, 1.165) is 5.56 Å². The van der Waals surface area contributed by atoms with Crippen LogP contribution in [0.1, 0.15) is 15.9 Å². The first-order chi connectivity index (χ1) is 9.92. The Bertz CT molecular complexity index is 702. The summed E-state index contributed by atoms with van der Waals surface area (Å²) in [6.07, 6.45) is 0. The molecule has 0 radical (unpaired) electrons. The van der Waals surface area contributed by atoms with E-state index in [1.165, 1.54) is 13.2 Å². The number of benzene rings is 2. The quantitative estimate of drug-likeness (QED) is 0.829. The minimum absolute atomic E-state index is 0.311. The zero-order chi connectivity index (χ0) is 15.6. The Balaban J connectivity index is 2.31. The molecule has 110 valence electrons. The number of rotatable bonds is 3. The third-order valence-electron chi connectivity index (χ3n) is 2.91. The second-order valence-electron chi connectivity index (χ2n) is 4.38. The molecule has 0 spiro atoms. The van der Waals surface area contributed by atoms with Gasteiger partial charge in [0, 0.05) is 16.7 Å². The molecule has 3 nitrogen and oxygen atoms in total. The molecule has 0 saturated heterocycles. The molecule has 1 N–H and O–H groups in total. The van der Waals surface area contributed by atoms with E-state index in [1.54, 1.807) is 24.3 Å². The van der Waals surface area contributed by atoms with Crippen LogP contribution in [0, 0.1) is 6.92 Å². The maximum Gasteiger partial charge on any atom is 0.255 e. The third kappa shape index (κ3) is 3.62. The molecule has 0 aromatic heterocycles. The largest absolute Gasteiger partial charge is 0.495 e. The molecular weight excluding hydrogens is 333 g/mol. The molecule has 0 fully saturated rings. The van der Waals surface area contributed by atoms with Crippen molar-refractivity contribution >= 4 is 46.4 Å². The summed E-state index contributed by atoms with van der Waals surface area (Å²) in [6.45, 7) is 1.84. The molecule has 2 aromatic carbocycles. The van der Waals surface area contributed by atoms with Gasteiger partial charge in [-0.3, -0.25) is 4.79 Å². The Morgan fingerprint density at radius 1 is 1.05 bits per heavy atom. The van der Waals surface area contributed by atoms with E-state index >= 15 is 0 Å². The van der Waals surface area contributed by atoms with Gasteiger partial charge in [-0.25, -0.2) is 0 Å². The van der Waals surface area contributed by atoms with Crippen molar-refractivity contribution in [2.24, 2.45) is 0 Å². The number of methoxy groups -OCH3 is 1. The summed E-state index contributed by atoms with van der Waals surface area (Å²) in [4.78, 5) is 12.2. The Labute approximate surface area is 137 Å². The summed E-state index contributed by atoms with van der Waals surface area (Å²) in [5, 5.41) is 4.06. The highest BCUT2D eigenvalue weighted by Crippen LogP contribution is 2.31. The molecule has 2 aromatic rings. The van der Waals surface area contributed by atoms with Crippen molar-refractivity contribution in [3.63, 3.8) is 0 Å². The molecule has 0 aliphatic heterocycles. The van der Waals surface area contributed by atoms with Crippen molar-refractivity contribution in [1.29, 1.82) is 0 Å². The molecule has 0 atom stereocenters. The first kappa shape index (κ1) is 16.0. The highest BCUT2D eigenvalue weighted by atomic mass is 35.5. The van der Waals surface area contributed by atoms with Crippen LogP contribution < -0.4 is 10.1 Å². The summed E-state index contributed by atoms with van der Waals surface area (Å²) in [7, 11) is 1.51. The zero-order valence-corrected chi connectivity index (χ0v) is 13.6. The fraction of sp³-hybridized carbons (Fsp3) is 0.133. The van der Waals surface area contributed by atoms with Gasteiger partial charge < -0.3 is 10.1 Å². The lowest BCUT2D eigenvalue weighted by Gasteiger charge is -2.12. The molecular formula is C15H12Cl3NO2. The van der Waals surface area contributed by atoms with Gasteiger partial charge in [0.1, 0.15) is 5.75 Å². The Hall–Kier alpha value is -1.42. The van der Waals surface area contributed by atoms with Crippen molar-refractivity contribution in [2.75, 3.05) is 12.4 Å². The molecule has 0 saturated carbocycles. The Morgan fingerprint density at radius 3 is 2.38 bits per heavy atom. The molecule has 1 amide bonds. The van der Waals surface area contributed by atoms with Gasteiger partial charge in [-0.2, -0.15) is 0 Å². The lowest BCUT2D eigenvalue weighted by molar-refractivity contribution is 0.102. The van der Waals surface area contributed by atoms with E-state index in [0.29, 0.717) is 32.1 Å². The highest BCUT2D eigenvalue weighted by molar-refractivity contribution is 6.42. The van der Waals surface area contributed by atoms with Gasteiger partial charge in [-0.05, 0) is 36.8 Å². The number of anilines is 1. The first-order valence-electron chi connectivity index (χ1n) is 6.03. The summed E-state index contributed by atoms with van der Waals surface area (Å²) >= 11 is 17.8. The van der Waals surface area contributed by atoms with Crippen LogP contribution in [0.5, 0.6) is 5.75 Å². The molecule has 0 unspecified atom stereocenters. The Morgan fingerprint density at radius 2 is 1.76 bits per heavy atom. The lowest BCUT2D eigenvalue weighted by Crippen LogP contribution is -2.12. The molecule has 21 heavy (non-hydrogen) atoms. The maximum atomic E-state index is 12.2. The standard InChI is InChI=1S/C15H12Cl3NO2/c1-8-5-13(14(21-2)7-11(8)17)19-15(20)9-3-4-10(16)12(18)6-9/h3-7H,1-2H3,(H,19,20). The van der Waals surface area contributed by atoms with Crippen molar-refractivity contribution in [1.82, 2.24) is 0 Å². The van der Waals surface area contributed by atoms with Crippen molar-refractivity contribution < 1.29 is 9.53 Å². The van der Waals surface area contributed by atoms with Crippen molar-refractivity contribution in [2.45, 2.75) is 6.92 Å². The number of aryl methyl sites for hydroxylation is 1. The number of hydrogen-bond donors (Lipinski definition) is 1. The van der Waals surface area contributed by atoms with Gasteiger partial charge in [-0.15, -0.1) is 0 Å². The number of carbonyl (C=O) groups excluding carboxylic acids is 1. The smallest absolute Gasteiger partial charge is 0.255 e. The zero-order valence-electron chi connectivity index (χ0n) is 11.3. The van der Waals surface area contributed by atoms with E-state index in [4.69, 9.17) is 39.5 Å². The molecule has 0 aliphatic rings. The lowest BCUT2D eigenvalue weighted by atomic mass is 10.1. The minimum Gasteiger partial charge on any atom is -0.495 e. The van der Waals surface area contributed by atoms with Crippen molar-refractivity contribution in [3.8, 4) is 5.75 Å². The van der Waals surface area contributed by atoms with Crippen LogP contribution in [-0.2, 0) is 0 Å². The van der Waals surface area contributed by atoms with Crippen molar-refractivity contribution in [3.05, 3.63) is 56.5 Å². The first-order valence-corrected chi connectivity index (χ1v) is 7.16. The topological polar surface area (TPSA) is 38.3 Å². The van der Waals surface area contributed by atoms with Crippen LogP contribution in [-0.4, -0.2) is 13.0 Å². The van der Waals surface area contributed by atoms with Crippen LogP contribution in [0.15, 0.2) is 30.3 Å². The summed E-state index contributed by atoms with van der Waals surface area (Å²) in [5.41, 5.74) is 1.77. The normalized spacial score (nSPS) is 10.3. The van der Waals surface area contributed by atoms with Crippen LogP contribution in [0.4, 0.5) is 5.69 Å². The number of amides is 1. The number of hydrogen-bond acceptors (Lipinski definition) is 2. The van der Waals surface area contributed by atoms with Crippen LogP contribution in [0.2, 0.25) is 15.1 Å². The monoisotopic (exact) mass is 343 g/mol. The predicted molar refractivity (Wildman–Crippen MR) is 87.2 cm³/mol. The number of ether oxygens (including phenoxy) is 1. The third-order valence-corrected chi connectivity index (χ3v) is 4.06. The van der Waals surface area contributed by atoms with E-state index < -0.39 is 0 Å². The number of nitrogens with one attached hydrogen (secondary N) is 1. The van der Waals surface area contributed by atoms with Crippen LogP contribution in [0.3, 0.4) is 0 Å². The van der Waals surface area contributed by atoms with Gasteiger partial charge in [0.05, 0.1) is 22.8 Å². The summed E-state index contributed by atoms with van der Waals surface area (Å²) in [5.74, 6) is 0.174. The van der Waals surface area contributed by atoms with E-state index in [-0.39, 0.29) is 5.91 Å². The fourth-order valence-corrected chi connectivity index (χ4v) is 2.21. The highest BCUT2D eigenvalue weighted by Gasteiger charge is 2.13. The summed E-state index contributed by atoms with van der Waals surface area (Å²) < 4.78 is 5.21. The second kappa shape index (κ2) is 6.56. The van der Waals surface area contributed by atoms with Gasteiger partial charge in [0.25, 0.3) is 5.91 Å². The predicted octanol–water partition coefficient (Wildman–Crippen LogP) is 5.22. The maximum absolute atomic E-state index is 12.2. The average molecular weight is 345 g/mol. The van der Waals surface area contributed by atoms with Crippen LogP contribution in [0.25, 0.3) is 0 Å². The fourth-order valence-electron chi connectivity index (χ4n) is 1.76. The SMILES string of the molecule is COc1cc(Cl)c(C)cc1NC(=O)c1ccc(Cl)c(Cl)c1. The van der Waals surface area contributed by atoms with Gasteiger partial charge in [-0.1, -0.05) is 34.8 Å². The van der Waals surface area contributed by atoms with Gasteiger partial charge in [0.2, 0.25) is 0 Å². The molecule has 0 bridgehead atoms. The molecule has 2 rings (SSSR count). The molecule has 6 heteroatoms. The van der Waals surface area contributed by atoms with Gasteiger partial charge >= 0.3 is 0 Å². The second-order valence-corrected chi connectivity index (χ2v) is 5.61. The van der Waals surface area contributed by atoms with E-state index in [1.807, 2.05) is 6.92 Å². The average Bonchev–Trinajstić information content (AvgIpc) is 2.45. The number of halogens is 3. The molecule has 0 heterocycles. The molecule has 0 aliphatic carbocycles. The summed E-state index contributed by atoms with van der Waals surface area (Å²) in [6, 6.07) is 8.08. The Kier molecular flexibility index (Phi) is 4.99. The van der Waals surface area contributed by atoms with Crippen LogP contribution >= 0.6 is 34.8 Å². The van der Waals surface area contributed by atoms with E-state index in [2.05, 4.69) is 5.32 Å². The number of carbonyl (C=O) groups is 1. The minimum atomic E-state index is -0.311.